The molecule has 2 aromatic rings. The van der Waals surface area contributed by atoms with Crippen molar-refractivity contribution in [2.24, 2.45) is 5.73 Å². The van der Waals surface area contributed by atoms with Gasteiger partial charge in [-0.1, -0.05) is 30.3 Å². The highest BCUT2D eigenvalue weighted by Crippen LogP contribution is 2.27. The van der Waals surface area contributed by atoms with Crippen LogP contribution in [0, 0.1) is 0 Å². The normalized spacial score (nSPS) is 10.1. The number of carbonyl (C=O) groups excluding carboxylic acids is 2. The van der Waals surface area contributed by atoms with E-state index in [1.807, 2.05) is 42.5 Å². The number of hydrogen-bond donors (Lipinski definition) is 2. The number of amides is 2. The highest BCUT2D eigenvalue weighted by Gasteiger charge is 2.11. The number of anilines is 1. The number of thioether (sulfide) groups is 1. The summed E-state index contributed by atoms with van der Waals surface area (Å²) >= 11 is 1.30. The van der Waals surface area contributed by atoms with Crippen LogP contribution in [0.15, 0.2) is 53.4 Å². The van der Waals surface area contributed by atoms with Gasteiger partial charge in [0, 0.05) is 10.5 Å². The average Bonchev–Trinajstić information content (AvgIpc) is 2.54. The Morgan fingerprint density at radius 2 is 1.83 bits per heavy atom. The fourth-order valence-corrected chi connectivity index (χ4v) is 2.81. The van der Waals surface area contributed by atoms with Crippen molar-refractivity contribution in [2.75, 3.05) is 18.2 Å². The van der Waals surface area contributed by atoms with Crippen LogP contribution in [0.3, 0.4) is 0 Å². The average molecular weight is 330 g/mol. The quantitative estimate of drug-likeness (QED) is 0.764. The van der Waals surface area contributed by atoms with Crippen molar-refractivity contribution in [2.45, 2.75) is 11.3 Å². The molecular weight excluding hydrogens is 312 g/mol. The minimum Gasteiger partial charge on any atom is -0.496 e. The van der Waals surface area contributed by atoms with Gasteiger partial charge in [-0.05, 0) is 18.2 Å². The van der Waals surface area contributed by atoms with Crippen LogP contribution in [0.2, 0.25) is 0 Å². The Hall–Kier alpha value is -2.47. The van der Waals surface area contributed by atoms with E-state index in [2.05, 4.69) is 5.32 Å². The van der Waals surface area contributed by atoms with E-state index >= 15 is 0 Å². The molecular formula is C17H18N2O3S. The number of hydrogen-bond acceptors (Lipinski definition) is 4. The van der Waals surface area contributed by atoms with Crippen molar-refractivity contribution < 1.29 is 14.3 Å². The second kappa shape index (κ2) is 8.24. The van der Waals surface area contributed by atoms with Gasteiger partial charge in [-0.3, -0.25) is 9.59 Å². The molecule has 0 saturated heterocycles. The van der Waals surface area contributed by atoms with Gasteiger partial charge in [-0.2, -0.15) is 0 Å². The number of benzene rings is 2. The van der Waals surface area contributed by atoms with Crippen molar-refractivity contribution in [3.8, 4) is 5.75 Å². The van der Waals surface area contributed by atoms with E-state index in [0.29, 0.717) is 11.4 Å². The molecule has 2 rings (SSSR count). The van der Waals surface area contributed by atoms with Gasteiger partial charge in [0.1, 0.15) is 5.75 Å². The molecule has 0 unspecified atom stereocenters. The zero-order valence-electron chi connectivity index (χ0n) is 12.7. The summed E-state index contributed by atoms with van der Waals surface area (Å²) in [6.07, 6.45) is 0.207. The number of primary amides is 1. The second-order valence-corrected chi connectivity index (χ2v) is 5.81. The van der Waals surface area contributed by atoms with E-state index in [0.717, 1.165) is 10.5 Å². The molecule has 0 aliphatic rings. The molecule has 0 atom stereocenters. The Kier molecular flexibility index (Phi) is 6.05. The minimum atomic E-state index is -0.398. The molecule has 0 radical (unpaired) electrons. The maximum Gasteiger partial charge on any atom is 0.228 e. The highest BCUT2D eigenvalue weighted by atomic mass is 32.2. The lowest BCUT2D eigenvalue weighted by molar-refractivity contribution is -0.116. The molecule has 2 aromatic carbocycles. The largest absolute Gasteiger partial charge is 0.496 e. The number of methoxy groups -OCH3 is 1. The summed E-state index contributed by atoms with van der Waals surface area (Å²) < 4.78 is 5.25. The first-order chi connectivity index (χ1) is 11.1. The van der Waals surface area contributed by atoms with Gasteiger partial charge in [0.15, 0.2) is 0 Å². The van der Waals surface area contributed by atoms with Crippen LogP contribution in [0.25, 0.3) is 0 Å². The minimum absolute atomic E-state index is 0.151. The van der Waals surface area contributed by atoms with Crippen LogP contribution in [-0.4, -0.2) is 24.7 Å². The maximum absolute atomic E-state index is 12.3. The van der Waals surface area contributed by atoms with Crippen molar-refractivity contribution >= 4 is 29.3 Å². The van der Waals surface area contributed by atoms with E-state index in [1.165, 1.54) is 11.8 Å². The van der Waals surface area contributed by atoms with Crippen molar-refractivity contribution in [3.63, 3.8) is 0 Å². The molecule has 120 valence electrons. The molecule has 0 bridgehead atoms. The molecule has 2 amide bonds. The first-order valence-corrected chi connectivity index (χ1v) is 8.00. The monoisotopic (exact) mass is 330 g/mol. The molecule has 0 aliphatic carbocycles. The molecule has 0 aliphatic heterocycles. The van der Waals surface area contributed by atoms with Crippen LogP contribution >= 0.6 is 11.8 Å². The maximum atomic E-state index is 12.3. The zero-order valence-corrected chi connectivity index (χ0v) is 13.6. The van der Waals surface area contributed by atoms with Crippen molar-refractivity contribution in [1.29, 1.82) is 0 Å². The van der Waals surface area contributed by atoms with Crippen LogP contribution in [-0.2, 0) is 16.0 Å². The van der Waals surface area contributed by atoms with Gasteiger partial charge in [-0.15, -0.1) is 11.8 Å². The fourth-order valence-electron chi connectivity index (χ4n) is 2.06. The van der Waals surface area contributed by atoms with Crippen molar-refractivity contribution in [3.05, 3.63) is 54.1 Å². The Balaban J connectivity index is 2.07. The zero-order chi connectivity index (χ0) is 16.7. The highest BCUT2D eigenvalue weighted by molar-refractivity contribution is 8.00. The van der Waals surface area contributed by atoms with Gasteiger partial charge in [0.2, 0.25) is 11.8 Å². The molecule has 0 heterocycles. The summed E-state index contributed by atoms with van der Waals surface area (Å²) in [7, 11) is 1.58. The van der Waals surface area contributed by atoms with Gasteiger partial charge in [0.05, 0.1) is 25.0 Å². The predicted molar refractivity (Wildman–Crippen MR) is 91.7 cm³/mol. The van der Waals surface area contributed by atoms with E-state index in [-0.39, 0.29) is 18.1 Å². The second-order valence-electron chi connectivity index (χ2n) is 4.79. The smallest absolute Gasteiger partial charge is 0.228 e. The number of para-hydroxylation sites is 2. The van der Waals surface area contributed by atoms with Gasteiger partial charge in [0.25, 0.3) is 0 Å². The third-order valence-electron chi connectivity index (χ3n) is 3.07. The third kappa shape index (κ3) is 5.03. The van der Waals surface area contributed by atoms with E-state index < -0.39 is 5.91 Å². The number of carbonyl (C=O) groups is 2. The molecule has 3 N–H and O–H groups in total. The molecule has 0 saturated carbocycles. The Morgan fingerprint density at radius 3 is 2.57 bits per heavy atom. The summed E-state index contributed by atoms with van der Waals surface area (Å²) in [5.41, 5.74) is 6.64. The van der Waals surface area contributed by atoms with E-state index in [4.69, 9.17) is 10.5 Å². The lowest BCUT2D eigenvalue weighted by Crippen LogP contribution is -2.16. The lowest BCUT2D eigenvalue weighted by Gasteiger charge is -2.11. The number of ether oxygens (including phenoxy) is 1. The molecule has 0 spiro atoms. The first kappa shape index (κ1) is 16.9. The van der Waals surface area contributed by atoms with Gasteiger partial charge < -0.3 is 15.8 Å². The summed E-state index contributed by atoms with van der Waals surface area (Å²) in [5, 5.41) is 2.87. The lowest BCUT2D eigenvalue weighted by atomic mass is 10.1. The van der Waals surface area contributed by atoms with E-state index in [1.54, 1.807) is 13.2 Å². The third-order valence-corrected chi connectivity index (χ3v) is 4.17. The molecule has 0 fully saturated rings. The summed E-state index contributed by atoms with van der Waals surface area (Å²) in [5.74, 6) is 0.296. The van der Waals surface area contributed by atoms with Gasteiger partial charge >= 0.3 is 0 Å². The molecule has 23 heavy (non-hydrogen) atoms. The summed E-state index contributed by atoms with van der Waals surface area (Å²) in [4.78, 5) is 24.0. The Labute approximate surface area is 139 Å². The number of nitrogens with one attached hydrogen (secondary N) is 1. The number of nitrogens with two attached hydrogens (primary N) is 1. The number of rotatable bonds is 7. The Bertz CT molecular complexity index is 704. The topological polar surface area (TPSA) is 81.4 Å². The van der Waals surface area contributed by atoms with E-state index in [9.17, 15) is 9.59 Å². The summed E-state index contributed by atoms with van der Waals surface area (Å²) in [6.45, 7) is 0. The fraction of sp³-hybridized carbons (Fsp3) is 0.176. The molecule has 0 aromatic heterocycles. The SMILES string of the molecule is COc1ccccc1CC(=O)Nc1ccccc1SCC(N)=O. The van der Waals surface area contributed by atoms with Crippen LogP contribution in [0.1, 0.15) is 5.56 Å². The van der Waals surface area contributed by atoms with Gasteiger partial charge in [-0.25, -0.2) is 0 Å². The van der Waals surface area contributed by atoms with Crippen LogP contribution in [0.4, 0.5) is 5.69 Å². The van der Waals surface area contributed by atoms with Crippen LogP contribution in [0.5, 0.6) is 5.75 Å². The predicted octanol–water partition coefficient (Wildman–Crippen LogP) is 2.45. The molecule has 6 heteroatoms. The standard InChI is InChI=1S/C17H18N2O3S/c1-22-14-8-4-2-6-12(14)10-17(21)19-13-7-3-5-9-15(13)23-11-16(18)20/h2-9H,10-11H2,1H3,(H2,18,20)(H,19,21). The molecule has 5 nitrogen and oxygen atoms in total. The Morgan fingerprint density at radius 1 is 1.13 bits per heavy atom. The summed E-state index contributed by atoms with van der Waals surface area (Å²) in [6, 6.07) is 14.7. The first-order valence-electron chi connectivity index (χ1n) is 7.02. The van der Waals surface area contributed by atoms with Crippen LogP contribution < -0.4 is 15.8 Å². The van der Waals surface area contributed by atoms with Crippen molar-refractivity contribution in [1.82, 2.24) is 0 Å².